The van der Waals surface area contributed by atoms with Crippen LogP contribution in [0.4, 0.5) is 10.5 Å². The van der Waals surface area contributed by atoms with Gasteiger partial charge in [-0.2, -0.15) is 0 Å². The zero-order valence-electron chi connectivity index (χ0n) is 27.5. The lowest BCUT2D eigenvalue weighted by Crippen LogP contribution is -2.53. The van der Waals surface area contributed by atoms with Gasteiger partial charge in [-0.05, 0) is 95.0 Å². The molecule has 42 heavy (non-hydrogen) atoms. The number of rotatable bonds is 13. The van der Waals surface area contributed by atoms with Crippen molar-refractivity contribution in [3.8, 4) is 0 Å². The molecule has 2 N–H and O–H groups in total. The van der Waals surface area contributed by atoms with Crippen LogP contribution in [0, 0.1) is 33.6 Å². The average molecular weight is 580 g/mol. The Balaban J connectivity index is 2.66. The van der Waals surface area contributed by atoms with E-state index in [2.05, 4.69) is 17.6 Å². The highest BCUT2D eigenvalue weighted by Gasteiger charge is 2.38. The minimum absolute atomic E-state index is 0.123. The fourth-order valence-corrected chi connectivity index (χ4v) is 5.31. The molecule has 2 unspecified atom stereocenters. The summed E-state index contributed by atoms with van der Waals surface area (Å²) >= 11 is 0. The summed E-state index contributed by atoms with van der Waals surface area (Å²) in [5.41, 5.74) is 4.63. The molecule has 232 valence electrons. The SMILES string of the molecule is CCCCCCN(C(=O)C(CC(C)C)NC(=O)OC(C)(C)C)C(C(=O)Nc1c(C)cccc1C)c1c(C)cccc1C. The zero-order chi connectivity index (χ0) is 31.6. The van der Waals surface area contributed by atoms with Crippen molar-refractivity contribution in [1.29, 1.82) is 0 Å². The van der Waals surface area contributed by atoms with Crippen LogP contribution in [0.1, 0.15) is 108 Å². The molecule has 0 aliphatic rings. The normalized spacial score (nSPS) is 12.9. The summed E-state index contributed by atoms with van der Waals surface area (Å²) < 4.78 is 5.53. The number of aryl methyl sites for hydroxylation is 4. The summed E-state index contributed by atoms with van der Waals surface area (Å²) in [7, 11) is 0. The van der Waals surface area contributed by atoms with Gasteiger partial charge in [0.05, 0.1) is 0 Å². The summed E-state index contributed by atoms with van der Waals surface area (Å²) in [6.07, 6.45) is 3.55. The smallest absolute Gasteiger partial charge is 0.408 e. The van der Waals surface area contributed by atoms with Crippen molar-refractivity contribution in [2.75, 3.05) is 11.9 Å². The number of alkyl carbamates (subject to hydrolysis) is 1. The van der Waals surface area contributed by atoms with Crippen molar-refractivity contribution in [3.63, 3.8) is 0 Å². The molecule has 0 aliphatic carbocycles. The van der Waals surface area contributed by atoms with Crippen molar-refractivity contribution < 1.29 is 19.1 Å². The predicted molar refractivity (Wildman–Crippen MR) is 172 cm³/mol. The molecule has 2 atom stereocenters. The van der Waals surface area contributed by atoms with Gasteiger partial charge in [0.15, 0.2) is 0 Å². The molecular formula is C35H53N3O4. The van der Waals surface area contributed by atoms with E-state index in [1.807, 2.05) is 77.9 Å². The Labute approximate surface area is 253 Å². The summed E-state index contributed by atoms with van der Waals surface area (Å²) in [6, 6.07) is 10.1. The topological polar surface area (TPSA) is 87.7 Å². The molecule has 0 aliphatic heterocycles. The predicted octanol–water partition coefficient (Wildman–Crippen LogP) is 7.95. The number of nitrogens with zero attached hydrogens (tertiary/aromatic N) is 1. The lowest BCUT2D eigenvalue weighted by molar-refractivity contribution is -0.141. The molecule has 7 nitrogen and oxygen atoms in total. The van der Waals surface area contributed by atoms with Crippen LogP contribution in [0.3, 0.4) is 0 Å². The number of carbonyl (C=O) groups is 3. The van der Waals surface area contributed by atoms with Crippen LogP contribution in [0.2, 0.25) is 0 Å². The Morgan fingerprint density at radius 1 is 0.857 bits per heavy atom. The number of hydrogen-bond acceptors (Lipinski definition) is 4. The third-order valence-corrected chi connectivity index (χ3v) is 7.34. The van der Waals surface area contributed by atoms with Crippen LogP contribution in [0.25, 0.3) is 0 Å². The fourth-order valence-electron chi connectivity index (χ4n) is 5.31. The highest BCUT2D eigenvalue weighted by Crippen LogP contribution is 2.32. The van der Waals surface area contributed by atoms with E-state index in [0.717, 1.165) is 59.2 Å². The van der Waals surface area contributed by atoms with Crippen molar-refractivity contribution in [3.05, 3.63) is 64.2 Å². The second-order valence-corrected chi connectivity index (χ2v) is 12.9. The maximum Gasteiger partial charge on any atom is 0.408 e. The number of nitrogens with one attached hydrogen (secondary N) is 2. The maximum absolute atomic E-state index is 14.5. The van der Waals surface area contributed by atoms with E-state index in [1.54, 1.807) is 25.7 Å². The Morgan fingerprint density at radius 2 is 1.40 bits per heavy atom. The second-order valence-electron chi connectivity index (χ2n) is 12.9. The maximum atomic E-state index is 14.5. The first kappa shape index (κ1) is 34.8. The van der Waals surface area contributed by atoms with Gasteiger partial charge in [-0.15, -0.1) is 0 Å². The summed E-state index contributed by atoms with van der Waals surface area (Å²) in [5, 5.41) is 6.02. The van der Waals surface area contributed by atoms with Crippen LogP contribution in [-0.4, -0.2) is 41.0 Å². The van der Waals surface area contributed by atoms with Gasteiger partial charge in [0.1, 0.15) is 17.7 Å². The van der Waals surface area contributed by atoms with Gasteiger partial charge in [-0.1, -0.05) is 76.4 Å². The third kappa shape index (κ3) is 10.2. The van der Waals surface area contributed by atoms with Gasteiger partial charge in [0.2, 0.25) is 5.91 Å². The van der Waals surface area contributed by atoms with Gasteiger partial charge >= 0.3 is 6.09 Å². The quantitative estimate of drug-likeness (QED) is 0.236. The Kier molecular flexibility index (Phi) is 13.1. The lowest BCUT2D eigenvalue weighted by atomic mass is 9.92. The summed E-state index contributed by atoms with van der Waals surface area (Å²) in [4.78, 5) is 43.5. The molecule has 3 amide bonds. The van der Waals surface area contributed by atoms with E-state index in [4.69, 9.17) is 4.74 Å². The minimum Gasteiger partial charge on any atom is -0.444 e. The molecule has 0 aromatic heterocycles. The molecule has 2 rings (SSSR count). The number of ether oxygens (including phenoxy) is 1. The van der Waals surface area contributed by atoms with Crippen LogP contribution in [-0.2, 0) is 14.3 Å². The van der Waals surface area contributed by atoms with E-state index >= 15 is 0 Å². The number of hydrogen-bond donors (Lipinski definition) is 2. The van der Waals surface area contributed by atoms with Gasteiger partial charge in [0.25, 0.3) is 5.91 Å². The van der Waals surface area contributed by atoms with Gasteiger partial charge in [-0.25, -0.2) is 4.79 Å². The second kappa shape index (κ2) is 15.8. The van der Waals surface area contributed by atoms with Gasteiger partial charge in [-0.3, -0.25) is 9.59 Å². The molecule has 2 aromatic carbocycles. The number of anilines is 1. The Bertz CT molecular complexity index is 1170. The largest absolute Gasteiger partial charge is 0.444 e. The first-order valence-electron chi connectivity index (χ1n) is 15.4. The van der Waals surface area contributed by atoms with Crippen molar-refractivity contribution in [1.82, 2.24) is 10.2 Å². The first-order chi connectivity index (χ1) is 19.7. The molecular weight excluding hydrogens is 526 g/mol. The molecule has 0 fully saturated rings. The van der Waals surface area contributed by atoms with Crippen molar-refractivity contribution >= 4 is 23.6 Å². The molecule has 0 saturated heterocycles. The molecule has 0 radical (unpaired) electrons. The van der Waals surface area contributed by atoms with Crippen molar-refractivity contribution in [2.24, 2.45) is 5.92 Å². The molecule has 0 spiro atoms. The number of para-hydroxylation sites is 1. The number of carbonyl (C=O) groups excluding carboxylic acids is 3. The highest BCUT2D eigenvalue weighted by molar-refractivity contribution is 6.00. The highest BCUT2D eigenvalue weighted by atomic mass is 16.6. The number of unbranched alkanes of at least 4 members (excludes halogenated alkanes) is 3. The monoisotopic (exact) mass is 579 g/mol. The minimum atomic E-state index is -0.880. The van der Waals surface area contributed by atoms with Crippen LogP contribution < -0.4 is 10.6 Å². The van der Waals surface area contributed by atoms with Crippen LogP contribution in [0.15, 0.2) is 36.4 Å². The standard InChI is InChI=1S/C35H53N3O4/c1-11-12-13-14-21-38(33(40)28(22-23(2)3)36-34(41)42-35(8,9)10)31(29-24(4)17-15-18-25(29)5)32(39)37-30-26(6)19-16-20-27(30)7/h15-20,23,28,31H,11-14,21-22H2,1-10H3,(H,36,41)(H,37,39). The van der Waals surface area contributed by atoms with Crippen LogP contribution >= 0.6 is 0 Å². The summed E-state index contributed by atoms with van der Waals surface area (Å²) in [5.74, 6) is -0.428. The average Bonchev–Trinajstić information content (AvgIpc) is 2.87. The van der Waals surface area contributed by atoms with E-state index in [-0.39, 0.29) is 17.7 Å². The Morgan fingerprint density at radius 3 is 1.90 bits per heavy atom. The molecule has 0 saturated carbocycles. The molecule has 2 aromatic rings. The first-order valence-corrected chi connectivity index (χ1v) is 15.4. The number of benzene rings is 2. The van der Waals surface area contributed by atoms with Gasteiger partial charge < -0.3 is 20.3 Å². The molecule has 0 heterocycles. The van der Waals surface area contributed by atoms with E-state index in [9.17, 15) is 14.4 Å². The lowest BCUT2D eigenvalue weighted by Gasteiger charge is -2.36. The van der Waals surface area contributed by atoms with Crippen molar-refractivity contribution in [2.45, 2.75) is 119 Å². The third-order valence-electron chi connectivity index (χ3n) is 7.34. The molecule has 7 heteroatoms. The fraction of sp³-hybridized carbons (Fsp3) is 0.571. The number of amides is 3. The summed E-state index contributed by atoms with van der Waals surface area (Å²) in [6.45, 7) is 19.8. The zero-order valence-corrected chi connectivity index (χ0v) is 27.5. The Hall–Kier alpha value is -3.35. The van der Waals surface area contributed by atoms with E-state index < -0.39 is 23.8 Å². The van der Waals surface area contributed by atoms with E-state index in [0.29, 0.717) is 13.0 Å². The van der Waals surface area contributed by atoms with Crippen LogP contribution in [0.5, 0.6) is 0 Å². The van der Waals surface area contributed by atoms with E-state index in [1.165, 1.54) is 0 Å². The van der Waals surface area contributed by atoms with Gasteiger partial charge in [0, 0.05) is 12.2 Å². The molecule has 0 bridgehead atoms.